The highest BCUT2D eigenvalue weighted by atomic mass is 16.7. The largest absolute Gasteiger partial charge is 0.393 e. The van der Waals surface area contributed by atoms with E-state index in [1.54, 1.807) is 0 Å². The second-order valence-electron chi connectivity index (χ2n) is 27.1. The van der Waals surface area contributed by atoms with Crippen molar-refractivity contribution in [3.63, 3.8) is 0 Å². The lowest BCUT2D eigenvalue weighted by atomic mass is 9.43. The molecule has 1 aromatic heterocycles. The van der Waals surface area contributed by atoms with Crippen LogP contribution in [0.25, 0.3) is 0 Å². The van der Waals surface area contributed by atoms with Crippen molar-refractivity contribution in [2.24, 2.45) is 92.7 Å². The maximum Gasteiger partial charge on any atom is 0.172 e. The summed E-state index contributed by atoms with van der Waals surface area (Å²) >= 11 is 0. The molecule has 2 N–H and O–H groups in total. The van der Waals surface area contributed by atoms with Crippen LogP contribution >= 0.6 is 0 Å². The first-order valence-electron chi connectivity index (χ1n) is 26.1. The fourth-order valence-corrected chi connectivity index (χ4v) is 20.8. The fraction of sp³-hybridized carbons (Fsp3) is 0.926. The molecule has 0 unspecified atom stereocenters. The number of hydrogen-bond donors (Lipinski definition) is 2. The fourth-order valence-electron chi connectivity index (χ4n) is 20.8. The van der Waals surface area contributed by atoms with E-state index in [2.05, 4.69) is 69.2 Å². The third-order valence-electron chi connectivity index (χ3n) is 23.9. The van der Waals surface area contributed by atoms with E-state index in [-0.39, 0.29) is 57.3 Å². The molecule has 0 aromatic carbocycles. The van der Waals surface area contributed by atoms with Gasteiger partial charge in [-0.05, 0) is 176 Å². The normalized spacial score (nSPS) is 59.3. The maximum atomic E-state index is 12.5. The average Bonchev–Trinajstić information content (AvgIpc) is 3.99. The minimum Gasteiger partial charge on any atom is -0.393 e. The van der Waals surface area contributed by atoms with Crippen molar-refractivity contribution in [3.05, 3.63) is 22.8 Å². The van der Waals surface area contributed by atoms with Crippen LogP contribution in [-0.4, -0.2) is 67.4 Å². The van der Waals surface area contributed by atoms with Crippen LogP contribution in [0.1, 0.15) is 169 Å². The Kier molecular flexibility index (Phi) is 8.27. The SMILES string of the molecule is C[C@H]1[C@H]2[C@H](C[C@@H]3[C@@H]4CC[C@H]5Cc6nc7c(nc6C[C@]5(C)[C@@H]4C[C@@H](O)[C@]23C)C[C@@H]2CC[C@H]3[C@H]4C[C@@H]5O[C@@]6(CCC(C)(C)O6)[C@@H](C)[C@@H]5[C@@]4(C)[C@H](O)C[C@@H]3[C@@]2(C)C7)O[C@@]12CCC(C)(C)O2. The van der Waals surface area contributed by atoms with Crippen LogP contribution in [0.2, 0.25) is 0 Å². The monoisotopic (exact) mass is 853 g/mol. The summed E-state index contributed by atoms with van der Waals surface area (Å²) in [4.78, 5) is 11.4. The summed E-state index contributed by atoms with van der Waals surface area (Å²) in [6.45, 7) is 23.7. The summed E-state index contributed by atoms with van der Waals surface area (Å²) in [6.07, 6.45) is 16.8. The molecule has 22 atom stereocenters. The first-order chi connectivity index (χ1) is 29.1. The molecule has 10 fully saturated rings. The molecule has 8 heteroatoms. The summed E-state index contributed by atoms with van der Waals surface area (Å²) in [5, 5.41) is 25.0. The van der Waals surface area contributed by atoms with E-state index < -0.39 is 11.6 Å². The Morgan fingerprint density at radius 3 is 1.27 bits per heavy atom. The zero-order valence-electron chi connectivity index (χ0n) is 40.0. The van der Waals surface area contributed by atoms with Gasteiger partial charge in [-0.3, -0.25) is 9.97 Å². The van der Waals surface area contributed by atoms with E-state index in [0.29, 0.717) is 71.0 Å². The van der Waals surface area contributed by atoms with E-state index >= 15 is 0 Å². The smallest absolute Gasteiger partial charge is 0.172 e. The van der Waals surface area contributed by atoms with Gasteiger partial charge >= 0.3 is 0 Å². The van der Waals surface area contributed by atoms with Crippen molar-refractivity contribution < 1.29 is 29.2 Å². The van der Waals surface area contributed by atoms with Gasteiger partial charge in [-0.25, -0.2) is 0 Å². The molecular formula is C54H80N2O6. The Morgan fingerprint density at radius 1 is 0.500 bits per heavy atom. The molecule has 0 amide bonds. The number of aromatic nitrogens is 2. The predicted octanol–water partition coefficient (Wildman–Crippen LogP) is 9.43. The molecule has 2 spiro atoms. The quantitative estimate of drug-likeness (QED) is 0.266. The number of hydrogen-bond acceptors (Lipinski definition) is 8. The van der Waals surface area contributed by atoms with E-state index in [9.17, 15) is 10.2 Å². The van der Waals surface area contributed by atoms with Crippen LogP contribution in [0.5, 0.6) is 0 Å². The molecule has 5 heterocycles. The molecule has 12 aliphatic rings. The van der Waals surface area contributed by atoms with Gasteiger partial charge in [0.25, 0.3) is 0 Å². The average molecular weight is 853 g/mol. The van der Waals surface area contributed by atoms with Gasteiger partial charge in [0.1, 0.15) is 0 Å². The first-order valence-corrected chi connectivity index (χ1v) is 26.1. The number of aliphatic hydroxyl groups is 2. The number of rotatable bonds is 0. The number of ether oxygens (including phenoxy) is 4. The van der Waals surface area contributed by atoms with Gasteiger partial charge in [-0.1, -0.05) is 41.5 Å². The van der Waals surface area contributed by atoms with E-state index in [4.69, 9.17) is 28.9 Å². The van der Waals surface area contributed by atoms with Gasteiger partial charge in [0, 0.05) is 47.3 Å². The summed E-state index contributed by atoms with van der Waals surface area (Å²) < 4.78 is 27.6. The zero-order valence-corrected chi connectivity index (χ0v) is 40.0. The molecular weight excluding hydrogens is 773 g/mol. The van der Waals surface area contributed by atoms with Crippen LogP contribution in [0, 0.1) is 92.7 Å². The summed E-state index contributed by atoms with van der Waals surface area (Å²) in [7, 11) is 0. The molecule has 13 rings (SSSR count). The lowest BCUT2D eigenvalue weighted by molar-refractivity contribution is -0.256. The van der Waals surface area contributed by atoms with Crippen molar-refractivity contribution in [1.82, 2.24) is 9.97 Å². The van der Waals surface area contributed by atoms with Crippen LogP contribution in [0.4, 0.5) is 0 Å². The van der Waals surface area contributed by atoms with Gasteiger partial charge in [0.05, 0.1) is 58.4 Å². The van der Waals surface area contributed by atoms with Crippen molar-refractivity contribution in [2.45, 2.75) is 219 Å². The number of nitrogens with zero attached hydrogens (tertiary/aromatic N) is 2. The lowest BCUT2D eigenvalue weighted by Gasteiger charge is -2.62. The van der Waals surface area contributed by atoms with E-state index in [0.717, 1.165) is 77.0 Å². The van der Waals surface area contributed by atoms with Gasteiger partial charge in [-0.2, -0.15) is 0 Å². The third kappa shape index (κ3) is 4.98. The highest BCUT2D eigenvalue weighted by Gasteiger charge is 2.74. The molecule has 62 heavy (non-hydrogen) atoms. The number of aliphatic hydroxyl groups excluding tert-OH is 2. The highest BCUT2D eigenvalue weighted by molar-refractivity contribution is 5.32. The second-order valence-corrected chi connectivity index (χ2v) is 27.1. The highest BCUT2D eigenvalue weighted by Crippen LogP contribution is 2.74. The van der Waals surface area contributed by atoms with Crippen molar-refractivity contribution in [1.29, 1.82) is 0 Å². The molecule has 4 aliphatic heterocycles. The summed E-state index contributed by atoms with van der Waals surface area (Å²) in [5.41, 5.74) is 4.79. The lowest BCUT2D eigenvalue weighted by Crippen LogP contribution is -2.60. The van der Waals surface area contributed by atoms with E-state index in [1.807, 2.05) is 0 Å². The first kappa shape index (κ1) is 41.1. The molecule has 4 saturated heterocycles. The van der Waals surface area contributed by atoms with Crippen LogP contribution in [-0.2, 0) is 44.6 Å². The topological polar surface area (TPSA) is 103 Å². The Balaban J connectivity index is 0.748. The Hall–Kier alpha value is -1.16. The number of fused-ring (bicyclic) bond motifs is 16. The van der Waals surface area contributed by atoms with Crippen LogP contribution < -0.4 is 0 Å². The minimum atomic E-state index is -0.482. The van der Waals surface area contributed by atoms with Crippen molar-refractivity contribution in [3.8, 4) is 0 Å². The van der Waals surface area contributed by atoms with E-state index in [1.165, 1.54) is 48.5 Å². The third-order valence-corrected chi connectivity index (χ3v) is 23.9. The van der Waals surface area contributed by atoms with Gasteiger partial charge in [-0.15, -0.1) is 0 Å². The Labute approximate surface area is 372 Å². The molecule has 6 saturated carbocycles. The van der Waals surface area contributed by atoms with Crippen molar-refractivity contribution >= 4 is 0 Å². The van der Waals surface area contributed by atoms with Gasteiger partial charge < -0.3 is 29.2 Å². The van der Waals surface area contributed by atoms with Gasteiger partial charge in [0.2, 0.25) is 0 Å². The standard InChI is InChI=1S/C54H80N2O6/c1-27-45-41(59-53(27)17-15-47(3,4)61-53)21-35-31-13-11-29-19-37-39(25-49(29,7)33(31)23-43(57)51(35,45)9)55-38-20-30-12-14-32-34(50(30,8)26-40(38)56-37)24-44(58)52(10)36(32)22-42-46(52)28(2)54(60-42)18-16-48(5,6)62-54/h27-36,41-46,57-58H,11-26H2,1-10H3/t27-,28-,29-,30-,31+,32+,33-,34+,35+,36+,41-,42-,43+,44+,45-,46-,49-,50-,51+,52+,53+,54+/m0/s1. The molecule has 1 aromatic rings. The summed E-state index contributed by atoms with van der Waals surface area (Å²) in [6, 6.07) is 0. The van der Waals surface area contributed by atoms with Crippen LogP contribution in [0.3, 0.4) is 0 Å². The molecule has 342 valence electrons. The molecule has 8 aliphatic carbocycles. The Bertz CT molecular complexity index is 1930. The molecule has 0 bridgehead atoms. The molecule has 8 nitrogen and oxygen atoms in total. The second kappa shape index (κ2) is 12.5. The predicted molar refractivity (Wildman–Crippen MR) is 235 cm³/mol. The minimum absolute atomic E-state index is 0.123. The Morgan fingerprint density at radius 2 is 0.903 bits per heavy atom. The van der Waals surface area contributed by atoms with Crippen molar-refractivity contribution in [2.75, 3.05) is 0 Å². The maximum absolute atomic E-state index is 12.5. The van der Waals surface area contributed by atoms with Crippen LogP contribution in [0.15, 0.2) is 0 Å². The zero-order chi connectivity index (χ0) is 43.1. The summed E-state index contributed by atoms with van der Waals surface area (Å²) in [5.74, 6) is 4.69. The van der Waals surface area contributed by atoms with Gasteiger partial charge in [0.15, 0.2) is 11.6 Å². The molecule has 0 radical (unpaired) electrons.